The molecule has 2 fully saturated rings. The molecule has 106 valence electrons. The highest BCUT2D eigenvalue weighted by molar-refractivity contribution is 7.89. The lowest BCUT2D eigenvalue weighted by Gasteiger charge is -2.25. The van der Waals surface area contributed by atoms with Crippen LogP contribution in [0.1, 0.15) is 46.0 Å². The van der Waals surface area contributed by atoms with Crippen molar-refractivity contribution in [2.45, 2.75) is 58.0 Å². The Morgan fingerprint density at radius 1 is 1.17 bits per heavy atom. The van der Waals surface area contributed by atoms with E-state index < -0.39 is 10.0 Å². The minimum Gasteiger partial charge on any atom is -0.310 e. The summed E-state index contributed by atoms with van der Waals surface area (Å²) < 4.78 is 26.6. The molecule has 0 aliphatic carbocycles. The van der Waals surface area contributed by atoms with Gasteiger partial charge >= 0.3 is 0 Å². The van der Waals surface area contributed by atoms with Crippen LogP contribution in [0.25, 0.3) is 0 Å². The van der Waals surface area contributed by atoms with Gasteiger partial charge in [0.05, 0.1) is 5.75 Å². The third-order valence-corrected chi connectivity index (χ3v) is 6.49. The van der Waals surface area contributed by atoms with Crippen LogP contribution in [-0.4, -0.2) is 43.6 Å². The molecule has 0 amide bonds. The Kier molecular flexibility index (Phi) is 4.67. The van der Waals surface area contributed by atoms with Gasteiger partial charge in [-0.25, -0.2) is 12.7 Å². The van der Waals surface area contributed by atoms with Crippen LogP contribution in [0.3, 0.4) is 0 Å². The molecule has 0 aromatic rings. The molecule has 0 saturated carbocycles. The quantitative estimate of drug-likeness (QED) is 0.828. The molecule has 2 aliphatic heterocycles. The second-order valence-corrected chi connectivity index (χ2v) is 7.76. The maximum absolute atomic E-state index is 12.4. The molecule has 4 nitrogen and oxygen atoms in total. The topological polar surface area (TPSA) is 49.4 Å². The van der Waals surface area contributed by atoms with Gasteiger partial charge in [-0.1, -0.05) is 26.7 Å². The molecule has 5 heteroatoms. The zero-order valence-electron chi connectivity index (χ0n) is 11.6. The van der Waals surface area contributed by atoms with E-state index in [0.717, 1.165) is 25.7 Å². The van der Waals surface area contributed by atoms with Crippen molar-refractivity contribution in [1.82, 2.24) is 9.62 Å². The molecule has 0 aromatic heterocycles. The Bertz CT molecular complexity index is 365. The molecule has 2 rings (SSSR count). The van der Waals surface area contributed by atoms with E-state index >= 15 is 0 Å². The summed E-state index contributed by atoms with van der Waals surface area (Å²) in [5, 5.41) is 3.53. The molecule has 2 atom stereocenters. The second-order valence-electron chi connectivity index (χ2n) is 5.75. The van der Waals surface area contributed by atoms with Crippen molar-refractivity contribution >= 4 is 10.0 Å². The Morgan fingerprint density at radius 3 is 2.50 bits per heavy atom. The number of fused-ring (bicyclic) bond motifs is 2. The van der Waals surface area contributed by atoms with Gasteiger partial charge in [0.15, 0.2) is 0 Å². The minimum absolute atomic E-state index is 0.309. The summed E-state index contributed by atoms with van der Waals surface area (Å²) in [6.45, 7) is 5.54. The molecule has 0 spiro atoms. The third kappa shape index (κ3) is 3.25. The smallest absolute Gasteiger partial charge is 0.214 e. The lowest BCUT2D eigenvalue weighted by Crippen LogP contribution is -2.41. The summed E-state index contributed by atoms with van der Waals surface area (Å²) in [7, 11) is -3.06. The van der Waals surface area contributed by atoms with Crippen LogP contribution in [0.2, 0.25) is 0 Å². The number of sulfonamides is 1. The predicted molar refractivity (Wildman–Crippen MR) is 74.0 cm³/mol. The van der Waals surface area contributed by atoms with Crippen molar-refractivity contribution < 1.29 is 8.42 Å². The van der Waals surface area contributed by atoms with Gasteiger partial charge in [0.25, 0.3) is 0 Å². The van der Waals surface area contributed by atoms with Crippen molar-refractivity contribution in [1.29, 1.82) is 0 Å². The average Bonchev–Trinajstić information content (AvgIpc) is 2.65. The second kappa shape index (κ2) is 5.88. The van der Waals surface area contributed by atoms with E-state index in [1.165, 1.54) is 6.42 Å². The molecule has 18 heavy (non-hydrogen) atoms. The number of nitrogens with one attached hydrogen (secondary N) is 1. The molecule has 1 N–H and O–H groups in total. The Morgan fingerprint density at radius 2 is 1.83 bits per heavy atom. The first kappa shape index (κ1) is 14.3. The molecule has 2 heterocycles. The van der Waals surface area contributed by atoms with Crippen molar-refractivity contribution in [2.75, 3.05) is 18.8 Å². The van der Waals surface area contributed by atoms with Crippen LogP contribution < -0.4 is 5.32 Å². The van der Waals surface area contributed by atoms with Gasteiger partial charge in [0, 0.05) is 25.2 Å². The van der Waals surface area contributed by atoms with Crippen LogP contribution >= 0.6 is 0 Å². The summed E-state index contributed by atoms with van der Waals surface area (Å²) in [6.07, 6.45) is 5.22. The van der Waals surface area contributed by atoms with E-state index in [0.29, 0.717) is 36.8 Å². The van der Waals surface area contributed by atoms with E-state index in [-0.39, 0.29) is 0 Å². The van der Waals surface area contributed by atoms with E-state index in [2.05, 4.69) is 19.2 Å². The number of hydrogen-bond donors (Lipinski definition) is 1. The summed E-state index contributed by atoms with van der Waals surface area (Å²) in [5.74, 6) is 0.639. The van der Waals surface area contributed by atoms with Crippen LogP contribution in [0.15, 0.2) is 0 Å². The fourth-order valence-electron chi connectivity index (χ4n) is 3.09. The van der Waals surface area contributed by atoms with Crippen LogP contribution in [0.5, 0.6) is 0 Å². The van der Waals surface area contributed by atoms with Crippen molar-refractivity contribution in [2.24, 2.45) is 5.92 Å². The molecule has 0 radical (unpaired) electrons. The molecule has 2 saturated heterocycles. The molecule has 2 unspecified atom stereocenters. The van der Waals surface area contributed by atoms with Gasteiger partial charge in [-0.3, -0.25) is 0 Å². The molecule has 0 aromatic carbocycles. The SMILES string of the molecule is CCC(CC)CS(=O)(=O)N1CCC2CCC(C1)N2. The fourth-order valence-corrected chi connectivity index (χ4v) is 5.16. The number of hydrogen-bond acceptors (Lipinski definition) is 3. The Balaban J connectivity index is 2.00. The highest BCUT2D eigenvalue weighted by Crippen LogP contribution is 2.23. The monoisotopic (exact) mass is 274 g/mol. The lowest BCUT2D eigenvalue weighted by atomic mass is 10.1. The van der Waals surface area contributed by atoms with Crippen LogP contribution in [-0.2, 0) is 10.0 Å². The van der Waals surface area contributed by atoms with Crippen molar-refractivity contribution in [3.05, 3.63) is 0 Å². The molecular weight excluding hydrogens is 248 g/mol. The maximum Gasteiger partial charge on any atom is 0.214 e. The highest BCUT2D eigenvalue weighted by Gasteiger charge is 2.34. The lowest BCUT2D eigenvalue weighted by molar-refractivity contribution is 0.376. The van der Waals surface area contributed by atoms with Gasteiger partial charge in [-0.05, 0) is 25.2 Å². The number of nitrogens with zero attached hydrogens (tertiary/aromatic N) is 1. The van der Waals surface area contributed by atoms with Gasteiger partial charge in [-0.2, -0.15) is 0 Å². The average molecular weight is 274 g/mol. The third-order valence-electron chi connectivity index (χ3n) is 4.48. The van der Waals surface area contributed by atoms with E-state index in [1.807, 2.05) is 0 Å². The first-order chi connectivity index (χ1) is 8.55. The Labute approximate surface area is 111 Å². The van der Waals surface area contributed by atoms with Gasteiger partial charge in [0.1, 0.15) is 0 Å². The number of rotatable bonds is 5. The zero-order valence-corrected chi connectivity index (χ0v) is 12.4. The zero-order chi connectivity index (χ0) is 13.2. The standard InChI is InChI=1S/C13H26N2O2S/c1-3-11(4-2)10-18(16,17)15-8-7-12-5-6-13(9-15)14-12/h11-14H,3-10H2,1-2H3. The summed E-state index contributed by atoms with van der Waals surface area (Å²) in [6, 6.07) is 0.928. The van der Waals surface area contributed by atoms with E-state index in [1.54, 1.807) is 4.31 Å². The Hall–Kier alpha value is -0.130. The van der Waals surface area contributed by atoms with Crippen LogP contribution in [0.4, 0.5) is 0 Å². The summed E-state index contributed by atoms with van der Waals surface area (Å²) in [4.78, 5) is 0. The van der Waals surface area contributed by atoms with E-state index in [9.17, 15) is 8.42 Å². The summed E-state index contributed by atoms with van der Waals surface area (Å²) in [5.41, 5.74) is 0. The predicted octanol–water partition coefficient (Wildman–Crippen LogP) is 1.58. The maximum atomic E-state index is 12.4. The van der Waals surface area contributed by atoms with Gasteiger partial charge < -0.3 is 5.32 Å². The normalized spacial score (nSPS) is 29.7. The fraction of sp³-hybridized carbons (Fsp3) is 1.00. The largest absolute Gasteiger partial charge is 0.310 e. The van der Waals surface area contributed by atoms with Crippen molar-refractivity contribution in [3.8, 4) is 0 Å². The highest BCUT2D eigenvalue weighted by atomic mass is 32.2. The summed E-state index contributed by atoms with van der Waals surface area (Å²) >= 11 is 0. The van der Waals surface area contributed by atoms with Gasteiger partial charge in [-0.15, -0.1) is 0 Å². The van der Waals surface area contributed by atoms with Gasteiger partial charge in [0.2, 0.25) is 10.0 Å². The minimum atomic E-state index is -3.06. The molecule has 2 aliphatic rings. The molecule has 2 bridgehead atoms. The first-order valence-corrected chi connectivity index (χ1v) is 8.90. The van der Waals surface area contributed by atoms with Crippen LogP contribution in [0, 0.1) is 5.92 Å². The van der Waals surface area contributed by atoms with Crippen molar-refractivity contribution in [3.63, 3.8) is 0 Å². The first-order valence-electron chi connectivity index (χ1n) is 7.29. The van der Waals surface area contributed by atoms with E-state index in [4.69, 9.17) is 0 Å². The molecular formula is C13H26N2O2S.